The second-order valence-corrected chi connectivity index (χ2v) is 4.61. The maximum atomic E-state index is 12.1. The molecule has 3 heteroatoms. The van der Waals surface area contributed by atoms with Gasteiger partial charge in [0.05, 0.1) is 5.69 Å². The highest BCUT2D eigenvalue weighted by atomic mass is 16.1. The topological polar surface area (TPSA) is 34.4 Å². The predicted molar refractivity (Wildman–Crippen MR) is 75.4 cm³/mol. The van der Waals surface area contributed by atoms with Gasteiger partial charge in [-0.2, -0.15) is 0 Å². The van der Waals surface area contributed by atoms with E-state index in [1.54, 1.807) is 10.5 Å². The number of nitrogens with zero attached hydrogens (tertiary/aromatic N) is 2. The third-order valence-electron chi connectivity index (χ3n) is 3.16. The molecule has 94 valence electrons. The maximum Gasteiger partial charge on any atom is 0.258 e. The van der Waals surface area contributed by atoms with Crippen LogP contribution in [0.25, 0.3) is 5.65 Å². The van der Waals surface area contributed by atoms with Gasteiger partial charge < -0.3 is 0 Å². The molecule has 2 aromatic heterocycles. The van der Waals surface area contributed by atoms with Crippen molar-refractivity contribution in [2.24, 2.45) is 0 Å². The minimum Gasteiger partial charge on any atom is -0.269 e. The van der Waals surface area contributed by atoms with E-state index in [0.717, 1.165) is 17.0 Å². The van der Waals surface area contributed by atoms with Gasteiger partial charge in [-0.05, 0) is 24.6 Å². The Kier molecular flexibility index (Phi) is 2.88. The number of benzene rings is 1. The lowest BCUT2D eigenvalue weighted by Crippen LogP contribution is -2.17. The summed E-state index contributed by atoms with van der Waals surface area (Å²) in [6.45, 7) is 1.91. The molecule has 0 unspecified atom stereocenters. The Bertz CT molecular complexity index is 776. The molecule has 1 aromatic carbocycles. The Morgan fingerprint density at radius 1 is 1.05 bits per heavy atom. The summed E-state index contributed by atoms with van der Waals surface area (Å²) in [4.78, 5) is 16.7. The van der Waals surface area contributed by atoms with Crippen LogP contribution in [0.3, 0.4) is 0 Å². The Labute approximate surface area is 111 Å². The summed E-state index contributed by atoms with van der Waals surface area (Å²) in [6, 6.07) is 17.4. The van der Waals surface area contributed by atoms with Gasteiger partial charge in [-0.15, -0.1) is 0 Å². The van der Waals surface area contributed by atoms with E-state index in [-0.39, 0.29) is 5.56 Å². The summed E-state index contributed by atoms with van der Waals surface area (Å²) >= 11 is 0. The van der Waals surface area contributed by atoms with Crippen LogP contribution in [0.5, 0.6) is 0 Å². The number of aromatic nitrogens is 2. The molecule has 2 heterocycles. The second-order valence-electron chi connectivity index (χ2n) is 4.61. The molecule has 0 saturated heterocycles. The van der Waals surface area contributed by atoms with Gasteiger partial charge in [-0.25, -0.2) is 4.98 Å². The first-order chi connectivity index (χ1) is 9.24. The van der Waals surface area contributed by atoms with Gasteiger partial charge in [0.2, 0.25) is 0 Å². The SMILES string of the molecule is Cc1cccc2nc(Cc3ccccc3)cc(=O)n12. The van der Waals surface area contributed by atoms with Gasteiger partial charge in [0.1, 0.15) is 5.65 Å². The minimum atomic E-state index is -0.0194. The normalized spacial score (nSPS) is 10.8. The lowest BCUT2D eigenvalue weighted by Gasteiger charge is -2.06. The van der Waals surface area contributed by atoms with Gasteiger partial charge in [-0.3, -0.25) is 9.20 Å². The molecule has 0 saturated carbocycles. The van der Waals surface area contributed by atoms with Crippen LogP contribution in [0.2, 0.25) is 0 Å². The van der Waals surface area contributed by atoms with Crippen molar-refractivity contribution in [1.29, 1.82) is 0 Å². The first-order valence-electron chi connectivity index (χ1n) is 6.26. The van der Waals surface area contributed by atoms with Crippen LogP contribution in [0.15, 0.2) is 59.4 Å². The molecule has 0 aliphatic carbocycles. The molecule has 0 fully saturated rings. The quantitative estimate of drug-likeness (QED) is 0.700. The average molecular weight is 250 g/mol. The van der Waals surface area contributed by atoms with Crippen LogP contribution >= 0.6 is 0 Å². The van der Waals surface area contributed by atoms with E-state index in [1.165, 1.54) is 0 Å². The molecule has 0 amide bonds. The third-order valence-corrected chi connectivity index (χ3v) is 3.16. The molecule has 3 nitrogen and oxygen atoms in total. The van der Waals surface area contributed by atoms with Crippen LogP contribution in [-0.2, 0) is 6.42 Å². The zero-order valence-electron chi connectivity index (χ0n) is 10.7. The monoisotopic (exact) mass is 250 g/mol. The number of fused-ring (bicyclic) bond motifs is 1. The van der Waals surface area contributed by atoms with E-state index in [1.807, 2.05) is 55.5 Å². The highest BCUT2D eigenvalue weighted by Crippen LogP contribution is 2.08. The minimum absolute atomic E-state index is 0.0194. The first-order valence-corrected chi connectivity index (χ1v) is 6.26. The zero-order valence-corrected chi connectivity index (χ0v) is 10.7. The highest BCUT2D eigenvalue weighted by molar-refractivity contribution is 5.41. The molecule has 19 heavy (non-hydrogen) atoms. The van der Waals surface area contributed by atoms with E-state index >= 15 is 0 Å². The van der Waals surface area contributed by atoms with Crippen LogP contribution in [0.4, 0.5) is 0 Å². The molecule has 0 bridgehead atoms. The Hall–Kier alpha value is -2.42. The van der Waals surface area contributed by atoms with E-state index in [9.17, 15) is 4.79 Å². The Morgan fingerprint density at radius 2 is 1.84 bits per heavy atom. The van der Waals surface area contributed by atoms with Crippen molar-refractivity contribution in [2.75, 3.05) is 0 Å². The molecule has 3 aromatic rings. The summed E-state index contributed by atoms with van der Waals surface area (Å²) in [6.07, 6.45) is 0.681. The largest absolute Gasteiger partial charge is 0.269 e. The van der Waals surface area contributed by atoms with Gasteiger partial charge >= 0.3 is 0 Å². The molecule has 3 rings (SSSR count). The number of rotatable bonds is 2. The van der Waals surface area contributed by atoms with Crippen molar-refractivity contribution < 1.29 is 0 Å². The predicted octanol–water partition coefficient (Wildman–Crippen LogP) is 2.59. The van der Waals surface area contributed by atoms with Gasteiger partial charge in [-0.1, -0.05) is 36.4 Å². The van der Waals surface area contributed by atoms with Gasteiger partial charge in [0.15, 0.2) is 0 Å². The smallest absolute Gasteiger partial charge is 0.258 e. The number of pyridine rings is 1. The van der Waals surface area contributed by atoms with Crippen molar-refractivity contribution in [3.8, 4) is 0 Å². The van der Waals surface area contributed by atoms with E-state index in [2.05, 4.69) is 4.98 Å². The fourth-order valence-electron chi connectivity index (χ4n) is 2.26. The van der Waals surface area contributed by atoms with Gasteiger partial charge in [0.25, 0.3) is 5.56 Å². The van der Waals surface area contributed by atoms with Crippen molar-refractivity contribution in [2.45, 2.75) is 13.3 Å². The molecule has 0 N–H and O–H groups in total. The summed E-state index contributed by atoms with van der Waals surface area (Å²) in [5.74, 6) is 0. The van der Waals surface area contributed by atoms with Crippen LogP contribution in [0, 0.1) is 6.92 Å². The third kappa shape index (κ3) is 2.27. The Balaban J connectivity index is 2.10. The molecule has 0 aliphatic rings. The summed E-state index contributed by atoms with van der Waals surface area (Å²) in [7, 11) is 0. The maximum absolute atomic E-state index is 12.1. The van der Waals surface area contributed by atoms with Gasteiger partial charge in [0, 0.05) is 18.2 Å². The van der Waals surface area contributed by atoms with Crippen molar-refractivity contribution in [1.82, 2.24) is 9.38 Å². The number of hydrogen-bond donors (Lipinski definition) is 0. The molecule has 0 atom stereocenters. The van der Waals surface area contributed by atoms with E-state index < -0.39 is 0 Å². The standard InChI is InChI=1S/C16H14N2O/c1-12-6-5-9-15-17-14(11-16(19)18(12)15)10-13-7-3-2-4-8-13/h2-9,11H,10H2,1H3. The Morgan fingerprint density at radius 3 is 2.63 bits per heavy atom. The molecule has 0 aliphatic heterocycles. The van der Waals surface area contributed by atoms with Crippen molar-refractivity contribution >= 4 is 5.65 Å². The number of hydrogen-bond acceptors (Lipinski definition) is 2. The molecular formula is C16H14N2O. The number of aryl methyl sites for hydroxylation is 1. The van der Waals surface area contributed by atoms with E-state index in [0.29, 0.717) is 12.1 Å². The average Bonchev–Trinajstić information content (AvgIpc) is 2.39. The lowest BCUT2D eigenvalue weighted by molar-refractivity contribution is 0.951. The first kappa shape index (κ1) is 11.7. The fraction of sp³-hybridized carbons (Fsp3) is 0.125. The van der Waals surface area contributed by atoms with Crippen molar-refractivity contribution in [3.63, 3.8) is 0 Å². The fourth-order valence-corrected chi connectivity index (χ4v) is 2.26. The zero-order chi connectivity index (χ0) is 13.2. The molecular weight excluding hydrogens is 236 g/mol. The summed E-state index contributed by atoms with van der Waals surface area (Å²) in [5, 5.41) is 0. The lowest BCUT2D eigenvalue weighted by atomic mass is 10.1. The van der Waals surface area contributed by atoms with Crippen molar-refractivity contribution in [3.05, 3.63) is 81.9 Å². The van der Waals surface area contributed by atoms with Crippen LogP contribution in [0.1, 0.15) is 17.0 Å². The highest BCUT2D eigenvalue weighted by Gasteiger charge is 2.04. The van der Waals surface area contributed by atoms with Crippen LogP contribution < -0.4 is 5.56 Å². The molecule has 0 radical (unpaired) electrons. The summed E-state index contributed by atoms with van der Waals surface area (Å²) < 4.78 is 1.63. The molecule has 0 spiro atoms. The second kappa shape index (κ2) is 4.69. The van der Waals surface area contributed by atoms with E-state index in [4.69, 9.17) is 0 Å². The van der Waals surface area contributed by atoms with Crippen LogP contribution in [-0.4, -0.2) is 9.38 Å². The summed E-state index contributed by atoms with van der Waals surface area (Å²) in [5.41, 5.74) is 3.56.